The van der Waals surface area contributed by atoms with Crippen molar-refractivity contribution in [3.8, 4) is 5.75 Å². The minimum Gasteiger partial charge on any atom is -0.497 e. The number of hydrogen-bond acceptors (Lipinski definition) is 6. The molecular weight excluding hydrogens is 366 g/mol. The molecule has 2 aromatic carbocycles. The summed E-state index contributed by atoms with van der Waals surface area (Å²) >= 11 is 2.90. The lowest BCUT2D eigenvalue weighted by atomic mass is 10.3. The minimum atomic E-state index is -0.0959. The third-order valence-electron chi connectivity index (χ3n) is 3.30. The fourth-order valence-electron chi connectivity index (χ4n) is 2.09. The fraction of sp³-hybridized carbons (Fsp3) is 0.105. The Kier molecular flexibility index (Phi) is 6.51. The van der Waals surface area contributed by atoms with Crippen LogP contribution in [0.3, 0.4) is 0 Å². The molecule has 0 unspecified atom stereocenters. The molecule has 3 aromatic rings. The lowest BCUT2D eigenvalue weighted by Crippen LogP contribution is -2.14. The zero-order valence-corrected chi connectivity index (χ0v) is 15.7. The lowest BCUT2D eigenvalue weighted by Gasteiger charge is -2.08. The van der Waals surface area contributed by atoms with Crippen LogP contribution in [0.5, 0.6) is 5.75 Å². The number of benzene rings is 2. The van der Waals surface area contributed by atoms with Crippen molar-refractivity contribution in [2.45, 2.75) is 14.9 Å². The molecule has 0 spiro atoms. The van der Waals surface area contributed by atoms with Crippen molar-refractivity contribution in [2.75, 3.05) is 18.2 Å². The van der Waals surface area contributed by atoms with Crippen LogP contribution in [0.4, 0.5) is 5.69 Å². The fourth-order valence-corrected chi connectivity index (χ4v) is 3.81. The summed E-state index contributed by atoms with van der Waals surface area (Å²) in [4.78, 5) is 22.0. The molecule has 0 aliphatic heterocycles. The maximum absolute atomic E-state index is 12.2. The van der Waals surface area contributed by atoms with Crippen LogP contribution in [-0.2, 0) is 4.79 Å². The molecule has 132 valence electrons. The Labute approximate surface area is 160 Å². The van der Waals surface area contributed by atoms with Crippen LogP contribution in [0.2, 0.25) is 0 Å². The Balaban J connectivity index is 1.59. The van der Waals surface area contributed by atoms with Crippen LogP contribution < -0.4 is 10.1 Å². The third kappa shape index (κ3) is 5.24. The molecule has 7 heteroatoms. The smallest absolute Gasteiger partial charge is 0.234 e. The van der Waals surface area contributed by atoms with Crippen LogP contribution in [0.25, 0.3) is 0 Å². The predicted octanol–water partition coefficient (Wildman–Crippen LogP) is 4.37. The van der Waals surface area contributed by atoms with Crippen molar-refractivity contribution in [3.63, 3.8) is 0 Å². The molecule has 0 bridgehead atoms. The van der Waals surface area contributed by atoms with Crippen LogP contribution >= 0.6 is 23.5 Å². The van der Waals surface area contributed by atoms with Crippen molar-refractivity contribution in [1.29, 1.82) is 0 Å². The number of ether oxygens (including phenoxy) is 1. The van der Waals surface area contributed by atoms with Gasteiger partial charge in [-0.2, -0.15) is 0 Å². The molecule has 0 saturated carbocycles. The summed E-state index contributed by atoms with van der Waals surface area (Å²) in [5.41, 5.74) is 0.731. The van der Waals surface area contributed by atoms with Crippen molar-refractivity contribution in [3.05, 3.63) is 67.0 Å². The molecule has 0 fully saturated rings. The molecule has 0 radical (unpaired) electrons. The summed E-state index contributed by atoms with van der Waals surface area (Å²) in [6, 6.07) is 17.2. The molecule has 0 saturated heterocycles. The van der Waals surface area contributed by atoms with Gasteiger partial charge in [-0.3, -0.25) is 4.79 Å². The zero-order valence-electron chi connectivity index (χ0n) is 14.1. The van der Waals surface area contributed by atoms with E-state index in [0.29, 0.717) is 0 Å². The lowest BCUT2D eigenvalue weighted by molar-refractivity contribution is -0.113. The highest BCUT2D eigenvalue weighted by Gasteiger charge is 2.11. The van der Waals surface area contributed by atoms with Gasteiger partial charge in [0, 0.05) is 23.0 Å². The predicted molar refractivity (Wildman–Crippen MR) is 105 cm³/mol. The van der Waals surface area contributed by atoms with Gasteiger partial charge in [-0.15, -0.1) is 0 Å². The second-order valence-corrected chi connectivity index (χ2v) is 7.17. The quantitative estimate of drug-likeness (QED) is 0.611. The van der Waals surface area contributed by atoms with Gasteiger partial charge in [-0.05, 0) is 36.4 Å². The van der Waals surface area contributed by atoms with Gasteiger partial charge in [-0.25, -0.2) is 9.97 Å². The Morgan fingerprint density at radius 3 is 2.38 bits per heavy atom. The van der Waals surface area contributed by atoms with Gasteiger partial charge in [0.2, 0.25) is 5.91 Å². The van der Waals surface area contributed by atoms with E-state index in [4.69, 9.17) is 4.74 Å². The average molecular weight is 383 g/mol. The summed E-state index contributed by atoms with van der Waals surface area (Å²) in [7, 11) is 1.61. The number of carbonyl (C=O) groups is 1. The van der Waals surface area contributed by atoms with Crippen LogP contribution in [0.15, 0.2) is 81.9 Å². The first-order valence-electron chi connectivity index (χ1n) is 7.85. The zero-order chi connectivity index (χ0) is 18.2. The second kappa shape index (κ2) is 9.26. The number of amides is 1. The first-order valence-corrected chi connectivity index (χ1v) is 9.65. The van der Waals surface area contributed by atoms with Crippen molar-refractivity contribution < 1.29 is 9.53 Å². The number of aromatic nitrogens is 2. The largest absolute Gasteiger partial charge is 0.497 e. The molecule has 1 amide bonds. The summed E-state index contributed by atoms with van der Waals surface area (Å²) in [6.45, 7) is 0. The van der Waals surface area contributed by atoms with Crippen LogP contribution in [0, 0.1) is 0 Å². The van der Waals surface area contributed by atoms with Gasteiger partial charge in [0.1, 0.15) is 15.8 Å². The SMILES string of the molecule is COc1ccc(NC(=O)CSc2nccnc2Sc2ccccc2)cc1. The summed E-state index contributed by atoms with van der Waals surface area (Å²) in [6.07, 6.45) is 3.30. The highest BCUT2D eigenvalue weighted by atomic mass is 32.2. The number of methoxy groups -OCH3 is 1. The van der Waals surface area contributed by atoms with E-state index in [2.05, 4.69) is 15.3 Å². The van der Waals surface area contributed by atoms with Gasteiger partial charge < -0.3 is 10.1 Å². The van der Waals surface area contributed by atoms with E-state index in [1.165, 1.54) is 23.5 Å². The first-order chi connectivity index (χ1) is 12.7. The van der Waals surface area contributed by atoms with Crippen LogP contribution in [-0.4, -0.2) is 28.7 Å². The van der Waals surface area contributed by atoms with Crippen molar-refractivity contribution >= 4 is 35.1 Å². The molecule has 1 heterocycles. The third-order valence-corrected chi connectivity index (χ3v) is 5.41. The number of carbonyl (C=O) groups excluding carboxylic acids is 1. The van der Waals surface area contributed by atoms with E-state index in [1.807, 2.05) is 30.3 Å². The minimum absolute atomic E-state index is 0.0959. The highest BCUT2D eigenvalue weighted by molar-refractivity contribution is 8.02. The number of nitrogens with one attached hydrogen (secondary N) is 1. The first kappa shape index (κ1) is 18.3. The molecule has 3 rings (SSSR count). The molecule has 0 aliphatic rings. The van der Waals surface area contributed by atoms with E-state index in [9.17, 15) is 4.79 Å². The number of thioether (sulfide) groups is 1. The standard InChI is InChI=1S/C19H17N3O2S2/c1-24-15-9-7-14(8-10-15)22-17(23)13-25-18-19(21-12-11-20-18)26-16-5-3-2-4-6-16/h2-12H,13H2,1H3,(H,22,23). The van der Waals surface area contributed by atoms with E-state index >= 15 is 0 Å². The second-order valence-electron chi connectivity index (χ2n) is 5.15. The number of anilines is 1. The highest BCUT2D eigenvalue weighted by Crippen LogP contribution is 2.32. The van der Waals surface area contributed by atoms with Gasteiger partial charge in [0.05, 0.1) is 12.9 Å². The number of hydrogen-bond donors (Lipinski definition) is 1. The molecule has 1 N–H and O–H groups in total. The summed E-state index contributed by atoms with van der Waals surface area (Å²) in [5.74, 6) is 0.911. The Morgan fingerprint density at radius 2 is 1.69 bits per heavy atom. The normalized spacial score (nSPS) is 10.3. The van der Waals surface area contributed by atoms with Gasteiger partial charge in [0.25, 0.3) is 0 Å². The monoisotopic (exact) mass is 383 g/mol. The maximum Gasteiger partial charge on any atom is 0.234 e. The average Bonchev–Trinajstić information content (AvgIpc) is 2.69. The van der Waals surface area contributed by atoms with E-state index in [0.717, 1.165) is 26.4 Å². The Bertz CT molecular complexity index is 858. The van der Waals surface area contributed by atoms with Crippen LogP contribution in [0.1, 0.15) is 0 Å². The van der Waals surface area contributed by atoms with E-state index in [-0.39, 0.29) is 11.7 Å². The van der Waals surface area contributed by atoms with Crippen molar-refractivity contribution in [1.82, 2.24) is 9.97 Å². The molecule has 26 heavy (non-hydrogen) atoms. The van der Waals surface area contributed by atoms with Gasteiger partial charge >= 0.3 is 0 Å². The Hall–Kier alpha value is -2.51. The van der Waals surface area contributed by atoms with Gasteiger partial charge in [0.15, 0.2) is 0 Å². The van der Waals surface area contributed by atoms with Crippen molar-refractivity contribution in [2.24, 2.45) is 0 Å². The molecule has 0 aliphatic carbocycles. The summed E-state index contributed by atoms with van der Waals surface area (Å²) < 4.78 is 5.11. The van der Waals surface area contributed by atoms with E-state index < -0.39 is 0 Å². The summed E-state index contributed by atoms with van der Waals surface area (Å²) in [5, 5.41) is 4.40. The van der Waals surface area contributed by atoms with Gasteiger partial charge in [-0.1, -0.05) is 41.7 Å². The molecule has 5 nitrogen and oxygen atoms in total. The molecule has 0 atom stereocenters. The topological polar surface area (TPSA) is 64.1 Å². The Morgan fingerprint density at radius 1 is 1.00 bits per heavy atom. The maximum atomic E-state index is 12.2. The number of rotatable bonds is 7. The number of nitrogens with zero attached hydrogens (tertiary/aromatic N) is 2. The van der Waals surface area contributed by atoms with E-state index in [1.54, 1.807) is 43.8 Å². The molecular formula is C19H17N3O2S2. The molecule has 1 aromatic heterocycles.